The lowest BCUT2D eigenvalue weighted by Gasteiger charge is -2.20. The van der Waals surface area contributed by atoms with Gasteiger partial charge in [-0.3, -0.25) is 4.98 Å². The van der Waals surface area contributed by atoms with Crippen LogP contribution in [0.1, 0.15) is 58.2 Å². The molecule has 0 radical (unpaired) electrons. The summed E-state index contributed by atoms with van der Waals surface area (Å²) < 4.78 is 16.2. The highest BCUT2D eigenvalue weighted by Gasteiger charge is 2.23. The summed E-state index contributed by atoms with van der Waals surface area (Å²) in [6.07, 6.45) is 3.77. The Morgan fingerprint density at radius 3 is 2.88 bits per heavy atom. The molecular weight excluding hydrogens is 336 g/mol. The number of aromatic nitrogens is 3. The van der Waals surface area contributed by atoms with Gasteiger partial charge in [0.2, 0.25) is 11.7 Å². The topological polar surface area (TPSA) is 99.4 Å². The Morgan fingerprint density at radius 2 is 2.19 bits per heavy atom. The highest BCUT2D eigenvalue weighted by atomic mass is 16.6. The number of rotatable bonds is 6. The zero-order chi connectivity index (χ0) is 18.7. The molecule has 1 atom stereocenters. The molecule has 1 fully saturated rings. The first-order valence-electron chi connectivity index (χ1n) is 8.70. The fraction of sp³-hybridized carbons (Fsp3) is 0.556. The highest BCUT2D eigenvalue weighted by Crippen LogP contribution is 2.25. The lowest BCUT2D eigenvalue weighted by atomic mass is 10.2. The maximum Gasteiger partial charge on any atom is 0.408 e. The normalized spacial score (nSPS) is 15.5. The summed E-state index contributed by atoms with van der Waals surface area (Å²) in [5.74, 6) is 0.742. The maximum absolute atomic E-state index is 11.9. The number of alkyl carbamates (subject to hydrolysis) is 1. The number of amides is 1. The summed E-state index contributed by atoms with van der Waals surface area (Å²) in [7, 11) is 0. The van der Waals surface area contributed by atoms with Crippen LogP contribution in [0.15, 0.2) is 22.9 Å². The van der Waals surface area contributed by atoms with Crippen molar-refractivity contribution in [3.05, 3.63) is 29.9 Å². The van der Waals surface area contributed by atoms with Crippen molar-refractivity contribution in [2.24, 2.45) is 0 Å². The molecule has 1 N–H and O–H groups in total. The summed E-state index contributed by atoms with van der Waals surface area (Å²) in [5, 5.41) is 6.67. The van der Waals surface area contributed by atoms with Gasteiger partial charge in [0.05, 0.1) is 18.4 Å². The maximum atomic E-state index is 11.9. The number of pyridine rings is 1. The molecule has 0 bridgehead atoms. The molecule has 1 aliphatic rings. The van der Waals surface area contributed by atoms with E-state index in [9.17, 15) is 4.79 Å². The third-order valence-corrected chi connectivity index (χ3v) is 3.61. The molecule has 0 unspecified atom stereocenters. The van der Waals surface area contributed by atoms with Crippen LogP contribution in [0.2, 0.25) is 0 Å². The number of hydrogen-bond acceptors (Lipinski definition) is 7. The van der Waals surface area contributed by atoms with Gasteiger partial charge in [-0.1, -0.05) is 5.16 Å². The van der Waals surface area contributed by atoms with Gasteiger partial charge in [-0.15, -0.1) is 0 Å². The van der Waals surface area contributed by atoms with Gasteiger partial charge in [0, 0.05) is 11.8 Å². The Kier molecular flexibility index (Phi) is 5.22. The summed E-state index contributed by atoms with van der Waals surface area (Å²) in [5.41, 5.74) is 1.04. The van der Waals surface area contributed by atoms with Crippen LogP contribution >= 0.6 is 0 Å². The number of carbonyl (C=O) groups is 1. The molecule has 2 aromatic rings. The third-order valence-electron chi connectivity index (χ3n) is 3.61. The van der Waals surface area contributed by atoms with E-state index < -0.39 is 17.7 Å². The summed E-state index contributed by atoms with van der Waals surface area (Å²) in [6, 6.07) is 3.22. The average molecular weight is 360 g/mol. The first-order valence-corrected chi connectivity index (χ1v) is 8.70. The fourth-order valence-corrected chi connectivity index (χ4v) is 2.21. The molecule has 2 heterocycles. The molecule has 140 valence electrons. The van der Waals surface area contributed by atoms with Gasteiger partial charge in [-0.2, -0.15) is 4.98 Å². The van der Waals surface area contributed by atoms with Crippen LogP contribution in [-0.4, -0.2) is 32.9 Å². The van der Waals surface area contributed by atoms with Crippen molar-refractivity contribution < 1.29 is 18.8 Å². The van der Waals surface area contributed by atoms with Crippen LogP contribution in [0.25, 0.3) is 11.4 Å². The second kappa shape index (κ2) is 7.41. The lowest BCUT2D eigenvalue weighted by molar-refractivity contribution is 0.0499. The Hall–Kier alpha value is -2.48. The van der Waals surface area contributed by atoms with E-state index >= 15 is 0 Å². The predicted molar refractivity (Wildman–Crippen MR) is 93.1 cm³/mol. The smallest absolute Gasteiger partial charge is 0.408 e. The molecule has 1 amide bonds. The van der Waals surface area contributed by atoms with Gasteiger partial charge in [-0.25, -0.2) is 4.79 Å². The Balaban J connectivity index is 1.63. The molecule has 0 spiro atoms. The van der Waals surface area contributed by atoms with Crippen molar-refractivity contribution in [2.75, 3.05) is 0 Å². The van der Waals surface area contributed by atoms with E-state index in [1.165, 1.54) is 0 Å². The van der Waals surface area contributed by atoms with Crippen LogP contribution in [0.3, 0.4) is 0 Å². The molecule has 0 aliphatic heterocycles. The number of hydrogen-bond donors (Lipinski definition) is 1. The van der Waals surface area contributed by atoms with Gasteiger partial charge in [0.1, 0.15) is 11.6 Å². The van der Waals surface area contributed by atoms with Gasteiger partial charge < -0.3 is 19.3 Å². The molecule has 26 heavy (non-hydrogen) atoms. The quantitative estimate of drug-likeness (QED) is 0.842. The van der Waals surface area contributed by atoms with Crippen LogP contribution in [0.5, 0.6) is 0 Å². The largest absolute Gasteiger partial charge is 0.444 e. The molecule has 3 rings (SSSR count). The van der Waals surface area contributed by atoms with Crippen LogP contribution < -0.4 is 5.32 Å². The second-order valence-corrected chi connectivity index (χ2v) is 7.37. The van der Waals surface area contributed by atoms with E-state index in [0.717, 1.165) is 24.1 Å². The number of nitrogens with one attached hydrogen (secondary N) is 1. The summed E-state index contributed by atoms with van der Waals surface area (Å²) in [4.78, 5) is 20.5. The van der Waals surface area contributed by atoms with Crippen molar-refractivity contribution in [3.63, 3.8) is 0 Å². The van der Waals surface area contributed by atoms with E-state index in [1.807, 2.05) is 6.07 Å². The van der Waals surface area contributed by atoms with Gasteiger partial charge in [0.15, 0.2) is 0 Å². The molecule has 0 saturated heterocycles. The monoisotopic (exact) mass is 360 g/mol. The van der Waals surface area contributed by atoms with Gasteiger partial charge in [0.25, 0.3) is 0 Å². The van der Waals surface area contributed by atoms with Crippen LogP contribution in [0.4, 0.5) is 4.79 Å². The third kappa shape index (κ3) is 5.26. The molecule has 0 aromatic carbocycles. The molecule has 8 heteroatoms. The van der Waals surface area contributed by atoms with Crippen molar-refractivity contribution in [2.45, 2.75) is 64.9 Å². The molecule has 8 nitrogen and oxygen atoms in total. The molecule has 1 aliphatic carbocycles. The number of carbonyl (C=O) groups excluding carboxylic acids is 1. The first kappa shape index (κ1) is 18.3. The van der Waals surface area contributed by atoms with Crippen molar-refractivity contribution in [3.8, 4) is 11.4 Å². The van der Waals surface area contributed by atoms with Crippen molar-refractivity contribution in [1.82, 2.24) is 20.4 Å². The lowest BCUT2D eigenvalue weighted by Crippen LogP contribution is -2.34. The van der Waals surface area contributed by atoms with Gasteiger partial charge >= 0.3 is 6.09 Å². The minimum Gasteiger partial charge on any atom is -0.444 e. The second-order valence-electron chi connectivity index (χ2n) is 7.37. The predicted octanol–water partition coefficient (Wildman–Crippen LogP) is 3.40. The Labute approximate surface area is 152 Å². The molecule has 2 aromatic heterocycles. The molecular formula is C18H24N4O4. The van der Waals surface area contributed by atoms with E-state index in [0.29, 0.717) is 24.4 Å². The van der Waals surface area contributed by atoms with E-state index in [4.69, 9.17) is 14.0 Å². The number of ether oxygens (including phenoxy) is 2. The average Bonchev–Trinajstić information content (AvgIpc) is 3.25. The molecule has 1 saturated carbocycles. The number of nitrogens with zero attached hydrogens (tertiary/aromatic N) is 3. The van der Waals surface area contributed by atoms with Crippen molar-refractivity contribution in [1.29, 1.82) is 0 Å². The van der Waals surface area contributed by atoms with E-state index in [2.05, 4.69) is 20.4 Å². The van der Waals surface area contributed by atoms with E-state index in [1.54, 1.807) is 40.0 Å². The Bertz CT molecular complexity index is 765. The SMILES string of the molecule is C[C@H](NC(=O)OC(C)(C)C)c1nc(-c2ccnc(COC3CC3)c2)no1. The highest BCUT2D eigenvalue weighted by molar-refractivity contribution is 5.68. The van der Waals surface area contributed by atoms with Gasteiger partial charge in [-0.05, 0) is 52.7 Å². The summed E-state index contributed by atoms with van der Waals surface area (Å²) >= 11 is 0. The zero-order valence-electron chi connectivity index (χ0n) is 15.5. The zero-order valence-corrected chi connectivity index (χ0v) is 15.5. The van der Waals surface area contributed by atoms with Crippen LogP contribution in [-0.2, 0) is 16.1 Å². The Morgan fingerprint density at radius 1 is 1.42 bits per heavy atom. The van der Waals surface area contributed by atoms with Crippen molar-refractivity contribution >= 4 is 6.09 Å². The first-order chi connectivity index (χ1) is 12.3. The fourth-order valence-electron chi connectivity index (χ4n) is 2.21. The van der Waals surface area contributed by atoms with E-state index in [-0.39, 0.29) is 0 Å². The minimum atomic E-state index is -0.570. The summed E-state index contributed by atoms with van der Waals surface area (Å²) in [6.45, 7) is 7.63. The minimum absolute atomic E-state index is 0.304. The standard InChI is InChI=1S/C18H24N4O4/c1-11(20-17(23)25-18(2,3)4)16-21-15(22-26-16)12-7-8-19-13(9-12)10-24-14-5-6-14/h7-9,11,14H,5-6,10H2,1-4H3,(H,20,23)/t11-/m0/s1. The van der Waals surface area contributed by atoms with Crippen LogP contribution in [0, 0.1) is 0 Å².